The normalized spacial score (nSPS) is 10.2. The van der Waals surface area contributed by atoms with Crippen LogP contribution >= 0.6 is 15.9 Å². The quantitative estimate of drug-likeness (QED) is 0.471. The van der Waals surface area contributed by atoms with E-state index in [1.807, 2.05) is 10.9 Å². The van der Waals surface area contributed by atoms with Crippen LogP contribution in [0, 0.1) is 5.41 Å². The van der Waals surface area contributed by atoms with Crippen LogP contribution in [0.3, 0.4) is 0 Å². The first-order valence-electron chi connectivity index (χ1n) is 4.19. The molecule has 5 heteroatoms. The highest BCUT2D eigenvalue weighted by Gasteiger charge is 1.95. The Balaban J connectivity index is 2.16. The van der Waals surface area contributed by atoms with E-state index in [0.717, 1.165) is 23.9 Å². The molecule has 0 saturated heterocycles. The number of nitrogens with one attached hydrogen (secondary N) is 1. The fraction of sp³-hybridized carbons (Fsp3) is 0.500. The van der Waals surface area contributed by atoms with Crippen molar-refractivity contribution in [3.63, 3.8) is 0 Å². The van der Waals surface area contributed by atoms with Crippen molar-refractivity contribution >= 4 is 21.8 Å². The molecule has 0 aliphatic rings. The molecule has 72 valence electrons. The van der Waals surface area contributed by atoms with Crippen molar-refractivity contribution in [3.05, 3.63) is 16.9 Å². The molecule has 0 aromatic carbocycles. The number of hydrogen-bond donors (Lipinski definition) is 2. The second-order valence-electron chi connectivity index (χ2n) is 2.90. The van der Waals surface area contributed by atoms with E-state index in [0.29, 0.717) is 6.42 Å². The fourth-order valence-corrected chi connectivity index (χ4v) is 1.38. The van der Waals surface area contributed by atoms with Crippen LogP contribution < -0.4 is 5.73 Å². The number of amidine groups is 1. The molecule has 0 saturated carbocycles. The number of nitrogens with zero attached hydrogens (tertiary/aromatic N) is 2. The predicted molar refractivity (Wildman–Crippen MR) is 55.7 cm³/mol. The first-order valence-corrected chi connectivity index (χ1v) is 4.98. The lowest BCUT2D eigenvalue weighted by Crippen LogP contribution is -2.09. The van der Waals surface area contributed by atoms with Gasteiger partial charge in [0.2, 0.25) is 0 Å². The Morgan fingerprint density at radius 1 is 1.62 bits per heavy atom. The second-order valence-corrected chi connectivity index (χ2v) is 3.82. The summed E-state index contributed by atoms with van der Waals surface area (Å²) in [5, 5.41) is 11.1. The van der Waals surface area contributed by atoms with Crippen molar-refractivity contribution in [2.45, 2.75) is 25.8 Å². The SMILES string of the molecule is N=C(N)CCCCn1cc(Br)cn1. The summed E-state index contributed by atoms with van der Waals surface area (Å²) in [6.07, 6.45) is 6.35. The van der Waals surface area contributed by atoms with Crippen molar-refractivity contribution < 1.29 is 0 Å². The van der Waals surface area contributed by atoms with Crippen LogP contribution in [0.15, 0.2) is 16.9 Å². The molecule has 0 fully saturated rings. The predicted octanol–water partition coefficient (Wildman–Crippen LogP) is 1.75. The summed E-state index contributed by atoms with van der Waals surface area (Å²) in [7, 11) is 0. The minimum Gasteiger partial charge on any atom is -0.388 e. The molecule has 3 N–H and O–H groups in total. The molecule has 13 heavy (non-hydrogen) atoms. The van der Waals surface area contributed by atoms with Gasteiger partial charge in [0.25, 0.3) is 0 Å². The molecule has 0 spiro atoms. The third kappa shape index (κ3) is 4.07. The molecule has 0 aliphatic carbocycles. The zero-order valence-electron chi connectivity index (χ0n) is 7.33. The van der Waals surface area contributed by atoms with E-state index in [4.69, 9.17) is 11.1 Å². The van der Waals surface area contributed by atoms with E-state index in [9.17, 15) is 0 Å². The Hall–Kier alpha value is -0.840. The number of rotatable bonds is 5. The van der Waals surface area contributed by atoms with E-state index in [1.54, 1.807) is 6.20 Å². The Labute approximate surface area is 85.8 Å². The summed E-state index contributed by atoms with van der Waals surface area (Å²) in [6.45, 7) is 0.888. The third-order valence-corrected chi connectivity index (χ3v) is 2.09. The molecule has 1 aromatic heterocycles. The van der Waals surface area contributed by atoms with Crippen LogP contribution in [0.4, 0.5) is 0 Å². The summed E-state index contributed by atoms with van der Waals surface area (Å²) >= 11 is 3.33. The summed E-state index contributed by atoms with van der Waals surface area (Å²) in [5.41, 5.74) is 5.23. The Kier molecular flexibility index (Phi) is 3.95. The molecule has 0 unspecified atom stereocenters. The van der Waals surface area contributed by atoms with Gasteiger partial charge >= 0.3 is 0 Å². The number of halogens is 1. The topological polar surface area (TPSA) is 67.7 Å². The van der Waals surface area contributed by atoms with Crippen LogP contribution in [0.5, 0.6) is 0 Å². The molecule has 0 radical (unpaired) electrons. The van der Waals surface area contributed by atoms with E-state index < -0.39 is 0 Å². The van der Waals surface area contributed by atoms with Crippen molar-refractivity contribution in [1.29, 1.82) is 5.41 Å². The van der Waals surface area contributed by atoms with Gasteiger partial charge in [0.1, 0.15) is 0 Å². The summed E-state index contributed by atoms with van der Waals surface area (Å²) in [6, 6.07) is 0. The molecule has 0 aliphatic heterocycles. The van der Waals surface area contributed by atoms with Crippen LogP contribution in [0.1, 0.15) is 19.3 Å². The average molecular weight is 245 g/mol. The number of hydrogen-bond acceptors (Lipinski definition) is 2. The van der Waals surface area contributed by atoms with Gasteiger partial charge in [-0.05, 0) is 28.8 Å². The van der Waals surface area contributed by atoms with Gasteiger partial charge in [-0.25, -0.2) is 0 Å². The van der Waals surface area contributed by atoms with Gasteiger partial charge in [-0.15, -0.1) is 0 Å². The molecule has 1 rings (SSSR count). The number of aromatic nitrogens is 2. The van der Waals surface area contributed by atoms with Gasteiger partial charge in [-0.2, -0.15) is 5.10 Å². The number of aryl methyl sites for hydroxylation is 1. The monoisotopic (exact) mass is 244 g/mol. The third-order valence-electron chi connectivity index (χ3n) is 1.69. The molecule has 1 heterocycles. The zero-order valence-corrected chi connectivity index (χ0v) is 8.92. The van der Waals surface area contributed by atoms with Gasteiger partial charge in [-0.3, -0.25) is 10.1 Å². The van der Waals surface area contributed by atoms with Crippen molar-refractivity contribution in [2.75, 3.05) is 0 Å². The van der Waals surface area contributed by atoms with Gasteiger partial charge in [0.15, 0.2) is 0 Å². The van der Waals surface area contributed by atoms with E-state index >= 15 is 0 Å². The maximum atomic E-state index is 7.03. The number of unbranched alkanes of at least 4 members (excludes halogenated alkanes) is 1. The minimum absolute atomic E-state index is 0.265. The van der Waals surface area contributed by atoms with Crippen molar-refractivity contribution in [1.82, 2.24) is 9.78 Å². The standard InChI is InChI=1S/C8H13BrN4/c9-7-5-12-13(6-7)4-2-1-3-8(10)11/h5-6H,1-4H2,(H3,10,11). The lowest BCUT2D eigenvalue weighted by atomic mass is 10.2. The van der Waals surface area contributed by atoms with Crippen molar-refractivity contribution in [3.8, 4) is 0 Å². The van der Waals surface area contributed by atoms with Gasteiger partial charge in [0.05, 0.1) is 16.5 Å². The van der Waals surface area contributed by atoms with Gasteiger partial charge < -0.3 is 5.73 Å². The Morgan fingerprint density at radius 2 is 2.38 bits per heavy atom. The molecular formula is C8H13BrN4. The molecule has 1 aromatic rings. The molecular weight excluding hydrogens is 232 g/mol. The molecule has 0 atom stereocenters. The first kappa shape index (κ1) is 10.2. The highest BCUT2D eigenvalue weighted by atomic mass is 79.9. The van der Waals surface area contributed by atoms with Crippen LogP contribution in [-0.4, -0.2) is 15.6 Å². The van der Waals surface area contributed by atoms with Crippen LogP contribution in [-0.2, 0) is 6.54 Å². The summed E-state index contributed by atoms with van der Waals surface area (Å²) in [5.74, 6) is 0.265. The molecule has 0 amide bonds. The first-order chi connectivity index (χ1) is 6.18. The second kappa shape index (κ2) is 5.01. The lowest BCUT2D eigenvalue weighted by molar-refractivity contribution is 0.563. The molecule has 0 bridgehead atoms. The Morgan fingerprint density at radius 3 is 2.92 bits per heavy atom. The maximum Gasteiger partial charge on any atom is 0.0905 e. The summed E-state index contributed by atoms with van der Waals surface area (Å²) in [4.78, 5) is 0. The number of nitrogens with two attached hydrogens (primary N) is 1. The van der Waals surface area contributed by atoms with Gasteiger partial charge in [-0.1, -0.05) is 0 Å². The molecule has 4 nitrogen and oxygen atoms in total. The average Bonchev–Trinajstić information content (AvgIpc) is 2.45. The van der Waals surface area contributed by atoms with Crippen LogP contribution in [0.2, 0.25) is 0 Å². The minimum atomic E-state index is 0.265. The van der Waals surface area contributed by atoms with E-state index in [-0.39, 0.29) is 5.84 Å². The van der Waals surface area contributed by atoms with Crippen molar-refractivity contribution in [2.24, 2.45) is 5.73 Å². The summed E-state index contributed by atoms with van der Waals surface area (Å²) < 4.78 is 2.88. The Bertz CT molecular complexity index is 281. The zero-order chi connectivity index (χ0) is 9.68. The highest BCUT2D eigenvalue weighted by Crippen LogP contribution is 2.07. The van der Waals surface area contributed by atoms with Gasteiger partial charge in [0, 0.05) is 19.2 Å². The lowest BCUT2D eigenvalue weighted by Gasteiger charge is -2.00. The highest BCUT2D eigenvalue weighted by molar-refractivity contribution is 9.10. The van der Waals surface area contributed by atoms with E-state index in [1.165, 1.54) is 0 Å². The van der Waals surface area contributed by atoms with E-state index in [2.05, 4.69) is 21.0 Å². The smallest absolute Gasteiger partial charge is 0.0905 e. The fourth-order valence-electron chi connectivity index (χ4n) is 1.05. The maximum absolute atomic E-state index is 7.03. The van der Waals surface area contributed by atoms with Crippen LogP contribution in [0.25, 0.3) is 0 Å². The largest absolute Gasteiger partial charge is 0.388 e.